The predicted octanol–water partition coefficient (Wildman–Crippen LogP) is 3.27. The van der Waals surface area contributed by atoms with E-state index < -0.39 is 0 Å². The number of hydrogen-bond donors (Lipinski definition) is 1. The van der Waals surface area contributed by atoms with Crippen molar-refractivity contribution in [2.75, 3.05) is 20.3 Å². The third kappa shape index (κ3) is 2.45. The Bertz CT molecular complexity index is 674. The van der Waals surface area contributed by atoms with Crippen molar-refractivity contribution in [2.24, 2.45) is 5.92 Å². The molecule has 2 heterocycles. The lowest BCUT2D eigenvalue weighted by Gasteiger charge is -2.22. The van der Waals surface area contributed by atoms with Crippen molar-refractivity contribution in [3.8, 4) is 5.75 Å². The zero-order chi connectivity index (χ0) is 14.1. The predicted molar refractivity (Wildman–Crippen MR) is 77.2 cm³/mol. The number of aromatic nitrogens is 2. The monoisotopic (exact) mass is 296 g/mol. The lowest BCUT2D eigenvalue weighted by molar-refractivity contribution is 0.0486. The number of H-pyrrole nitrogens is 1. The van der Waals surface area contributed by atoms with Crippen molar-refractivity contribution in [3.05, 3.63) is 22.7 Å². The van der Waals surface area contributed by atoms with E-state index in [2.05, 4.69) is 4.98 Å². The van der Waals surface area contributed by atoms with Crippen LogP contribution in [0.1, 0.15) is 12.8 Å². The number of imidazole rings is 1. The summed E-state index contributed by atoms with van der Waals surface area (Å²) in [5, 5.41) is 0. The minimum atomic E-state index is -0.385. The van der Waals surface area contributed by atoms with E-state index in [4.69, 9.17) is 21.7 Å². The minimum Gasteiger partial charge on any atom is -0.494 e. The average Bonchev–Trinajstić information content (AvgIpc) is 2.74. The summed E-state index contributed by atoms with van der Waals surface area (Å²) >= 11 is 5.35. The highest BCUT2D eigenvalue weighted by atomic mass is 32.1. The Morgan fingerprint density at radius 1 is 1.55 bits per heavy atom. The molecule has 0 saturated carbocycles. The van der Waals surface area contributed by atoms with E-state index in [-0.39, 0.29) is 11.6 Å². The second kappa shape index (κ2) is 5.54. The summed E-state index contributed by atoms with van der Waals surface area (Å²) in [4.78, 5) is 3.05. The minimum absolute atomic E-state index is 0.236. The van der Waals surface area contributed by atoms with Gasteiger partial charge in [-0.3, -0.25) is 0 Å². The molecule has 20 heavy (non-hydrogen) atoms. The Labute approximate surface area is 121 Å². The van der Waals surface area contributed by atoms with Crippen molar-refractivity contribution >= 4 is 23.3 Å². The van der Waals surface area contributed by atoms with E-state index in [0.717, 1.165) is 38.1 Å². The molecule has 1 fully saturated rings. The van der Waals surface area contributed by atoms with Gasteiger partial charge < -0.3 is 19.0 Å². The van der Waals surface area contributed by atoms with Crippen LogP contribution in [0.3, 0.4) is 0 Å². The Kier molecular flexibility index (Phi) is 3.76. The Morgan fingerprint density at radius 3 is 3.10 bits per heavy atom. The first-order valence-corrected chi connectivity index (χ1v) is 7.13. The average molecular weight is 296 g/mol. The van der Waals surface area contributed by atoms with Crippen molar-refractivity contribution in [1.29, 1.82) is 0 Å². The van der Waals surface area contributed by atoms with Gasteiger partial charge in [0, 0.05) is 31.2 Å². The smallest absolute Gasteiger partial charge is 0.178 e. The second-order valence-corrected chi connectivity index (χ2v) is 5.51. The number of aromatic amines is 1. The Morgan fingerprint density at radius 2 is 2.40 bits per heavy atom. The molecule has 0 amide bonds. The first kappa shape index (κ1) is 13.6. The molecule has 1 N–H and O–H groups in total. The molecular formula is C14H17FN2O2S. The first-order valence-electron chi connectivity index (χ1n) is 6.73. The fourth-order valence-corrected chi connectivity index (χ4v) is 2.99. The summed E-state index contributed by atoms with van der Waals surface area (Å²) in [6.45, 7) is 2.38. The molecule has 1 aliphatic heterocycles. The number of halogens is 1. The van der Waals surface area contributed by atoms with E-state index in [1.807, 2.05) is 4.57 Å². The number of ether oxygens (including phenoxy) is 2. The molecule has 4 nitrogen and oxygen atoms in total. The molecular weight excluding hydrogens is 279 g/mol. The molecule has 1 atom stereocenters. The number of benzene rings is 1. The van der Waals surface area contributed by atoms with Crippen LogP contribution in [0.4, 0.5) is 4.39 Å². The highest BCUT2D eigenvalue weighted by molar-refractivity contribution is 7.71. The van der Waals surface area contributed by atoms with Gasteiger partial charge >= 0.3 is 0 Å². The van der Waals surface area contributed by atoms with E-state index in [0.29, 0.717) is 16.2 Å². The van der Waals surface area contributed by atoms with Gasteiger partial charge in [0.2, 0.25) is 0 Å². The number of rotatable bonds is 3. The van der Waals surface area contributed by atoms with Crippen LogP contribution in [0.2, 0.25) is 0 Å². The molecule has 2 aromatic rings. The molecule has 1 aromatic heterocycles. The van der Waals surface area contributed by atoms with Gasteiger partial charge in [0.05, 0.1) is 24.8 Å². The highest BCUT2D eigenvalue weighted by Gasteiger charge is 2.17. The third-order valence-electron chi connectivity index (χ3n) is 3.74. The molecule has 0 spiro atoms. The highest BCUT2D eigenvalue weighted by Crippen LogP contribution is 2.26. The number of hydrogen-bond acceptors (Lipinski definition) is 3. The van der Waals surface area contributed by atoms with Crippen molar-refractivity contribution in [2.45, 2.75) is 19.4 Å². The molecule has 1 aliphatic rings. The number of fused-ring (bicyclic) bond motifs is 1. The van der Waals surface area contributed by atoms with E-state index in [1.54, 1.807) is 6.07 Å². The lowest BCUT2D eigenvalue weighted by Crippen LogP contribution is -2.22. The van der Waals surface area contributed by atoms with Gasteiger partial charge in [0.15, 0.2) is 16.3 Å². The van der Waals surface area contributed by atoms with Crippen LogP contribution in [-0.4, -0.2) is 29.9 Å². The maximum atomic E-state index is 13.7. The van der Waals surface area contributed by atoms with Gasteiger partial charge in [-0.2, -0.15) is 0 Å². The maximum Gasteiger partial charge on any atom is 0.178 e. The number of methoxy groups -OCH3 is 1. The molecule has 108 valence electrons. The number of nitrogens with zero attached hydrogens (tertiary/aromatic N) is 1. The van der Waals surface area contributed by atoms with Crippen LogP contribution >= 0.6 is 12.2 Å². The van der Waals surface area contributed by atoms with Crippen LogP contribution < -0.4 is 4.74 Å². The fourth-order valence-electron chi connectivity index (χ4n) is 2.71. The largest absolute Gasteiger partial charge is 0.494 e. The fraction of sp³-hybridized carbons (Fsp3) is 0.500. The summed E-state index contributed by atoms with van der Waals surface area (Å²) < 4.78 is 26.9. The lowest BCUT2D eigenvalue weighted by atomic mass is 10.0. The topological polar surface area (TPSA) is 39.2 Å². The summed E-state index contributed by atoms with van der Waals surface area (Å²) in [6.07, 6.45) is 2.21. The summed E-state index contributed by atoms with van der Waals surface area (Å²) in [5.74, 6) is 0.301. The molecule has 6 heteroatoms. The SMILES string of the molecule is COc1cc2c(cc1F)[nH]c(=S)n2CC1CCCOC1. The van der Waals surface area contributed by atoms with Crippen LogP contribution in [0.5, 0.6) is 5.75 Å². The Balaban J connectivity index is 2.00. The molecule has 0 aliphatic carbocycles. The summed E-state index contributed by atoms with van der Waals surface area (Å²) in [6, 6.07) is 3.12. The Hall–Kier alpha value is -1.40. The van der Waals surface area contributed by atoms with E-state index >= 15 is 0 Å². The zero-order valence-corrected chi connectivity index (χ0v) is 12.1. The van der Waals surface area contributed by atoms with Crippen molar-refractivity contribution in [3.63, 3.8) is 0 Å². The number of nitrogens with one attached hydrogen (secondary N) is 1. The van der Waals surface area contributed by atoms with Crippen molar-refractivity contribution < 1.29 is 13.9 Å². The van der Waals surface area contributed by atoms with Gasteiger partial charge in [-0.1, -0.05) is 0 Å². The van der Waals surface area contributed by atoms with E-state index in [9.17, 15) is 4.39 Å². The van der Waals surface area contributed by atoms with E-state index in [1.165, 1.54) is 13.2 Å². The van der Waals surface area contributed by atoms with Crippen LogP contribution in [-0.2, 0) is 11.3 Å². The third-order valence-corrected chi connectivity index (χ3v) is 4.07. The molecule has 1 saturated heterocycles. The molecule has 1 aromatic carbocycles. The summed E-state index contributed by atoms with van der Waals surface area (Å²) in [7, 11) is 1.46. The standard InChI is InChI=1S/C14H17FN2O2S/c1-18-13-6-12-11(5-10(13)15)16-14(20)17(12)7-9-3-2-4-19-8-9/h5-6,9H,2-4,7-8H2,1H3,(H,16,20). The van der Waals surface area contributed by atoms with Crippen molar-refractivity contribution in [1.82, 2.24) is 9.55 Å². The van der Waals surface area contributed by atoms with Gasteiger partial charge in [0.1, 0.15) is 0 Å². The van der Waals surface area contributed by atoms with Gasteiger partial charge in [-0.25, -0.2) is 4.39 Å². The summed E-state index contributed by atoms with van der Waals surface area (Å²) in [5.41, 5.74) is 1.57. The van der Waals surface area contributed by atoms with Crippen LogP contribution in [0.25, 0.3) is 11.0 Å². The maximum absolute atomic E-state index is 13.7. The molecule has 1 unspecified atom stereocenters. The molecule has 0 radical (unpaired) electrons. The zero-order valence-electron chi connectivity index (χ0n) is 11.3. The van der Waals surface area contributed by atoms with Crippen LogP contribution in [0, 0.1) is 16.5 Å². The normalized spacial score (nSPS) is 19.4. The van der Waals surface area contributed by atoms with Gasteiger partial charge in [-0.15, -0.1) is 0 Å². The quantitative estimate of drug-likeness (QED) is 0.884. The first-order chi connectivity index (χ1) is 9.69. The second-order valence-electron chi connectivity index (χ2n) is 5.13. The van der Waals surface area contributed by atoms with Gasteiger partial charge in [-0.05, 0) is 25.1 Å². The van der Waals surface area contributed by atoms with Gasteiger partial charge in [0.25, 0.3) is 0 Å². The van der Waals surface area contributed by atoms with Crippen LogP contribution in [0.15, 0.2) is 12.1 Å². The molecule has 0 bridgehead atoms. The molecule has 3 rings (SSSR count).